The molecule has 49 heavy (non-hydrogen) atoms. The molecule has 0 aliphatic carbocycles. The molecule has 1 heterocycles. The highest BCUT2D eigenvalue weighted by atomic mass is 32.1. The predicted molar refractivity (Wildman–Crippen MR) is 214 cm³/mol. The highest BCUT2D eigenvalue weighted by Crippen LogP contribution is 2.45. The average molecular weight is 639 g/mol. The van der Waals surface area contributed by atoms with E-state index in [1.165, 1.54) is 97.0 Å². The fourth-order valence-corrected chi connectivity index (χ4v) is 8.89. The molecule has 0 saturated heterocycles. The zero-order valence-electron chi connectivity index (χ0n) is 26.7. The minimum atomic E-state index is 1.23. The Kier molecular flexibility index (Phi) is 6.47. The lowest BCUT2D eigenvalue weighted by molar-refractivity contribution is 1.61. The maximum Gasteiger partial charge on any atom is 0.0361 e. The first kappa shape index (κ1) is 28.0. The Morgan fingerprint density at radius 3 is 1.47 bits per heavy atom. The Hall–Kier alpha value is -6.02. The zero-order chi connectivity index (χ0) is 32.3. The van der Waals surface area contributed by atoms with E-state index in [1.54, 1.807) is 0 Å². The molecule has 0 nitrogen and oxygen atoms in total. The number of fused-ring (bicyclic) bond motifs is 7. The summed E-state index contributed by atoms with van der Waals surface area (Å²) in [6.07, 6.45) is 0. The number of benzene rings is 9. The number of hydrogen-bond acceptors (Lipinski definition) is 1. The molecule has 10 aromatic rings. The van der Waals surface area contributed by atoms with Crippen LogP contribution in [0.2, 0.25) is 0 Å². The van der Waals surface area contributed by atoms with Gasteiger partial charge in [-0.1, -0.05) is 158 Å². The molecule has 10 rings (SSSR count). The highest BCUT2D eigenvalue weighted by Gasteiger charge is 2.17. The standard InChI is InChI=1S/C48H30S/c1-2-11-31(12-3-1)32-21-23-34(24-22-32)46-39-17-6-8-19-41(39)47(42-20-9-7-18-40(42)46)37-15-10-14-35(29-37)36-26-27-44-43(30-36)48-38-16-5-4-13-33(38)25-28-45(48)49-44/h1-30H. The molecule has 9 aromatic carbocycles. The summed E-state index contributed by atoms with van der Waals surface area (Å²) in [4.78, 5) is 0. The van der Waals surface area contributed by atoms with Crippen LogP contribution in [0, 0.1) is 0 Å². The van der Waals surface area contributed by atoms with E-state index >= 15 is 0 Å². The molecule has 0 aliphatic rings. The van der Waals surface area contributed by atoms with Gasteiger partial charge < -0.3 is 0 Å². The van der Waals surface area contributed by atoms with Crippen molar-refractivity contribution in [3.63, 3.8) is 0 Å². The summed E-state index contributed by atoms with van der Waals surface area (Å²) in [6.45, 7) is 0. The van der Waals surface area contributed by atoms with Gasteiger partial charge in [0.25, 0.3) is 0 Å². The molecule has 0 unspecified atom stereocenters. The first-order chi connectivity index (χ1) is 24.3. The minimum absolute atomic E-state index is 1.23. The van der Waals surface area contributed by atoms with Gasteiger partial charge in [-0.15, -0.1) is 11.3 Å². The third-order valence-corrected chi connectivity index (χ3v) is 11.2. The number of hydrogen-bond donors (Lipinski definition) is 0. The molecule has 0 fully saturated rings. The molecule has 0 radical (unpaired) electrons. The van der Waals surface area contributed by atoms with Gasteiger partial charge in [-0.2, -0.15) is 0 Å². The Morgan fingerprint density at radius 1 is 0.265 bits per heavy atom. The second-order valence-corrected chi connectivity index (χ2v) is 13.9. The Morgan fingerprint density at radius 2 is 0.755 bits per heavy atom. The van der Waals surface area contributed by atoms with Crippen molar-refractivity contribution in [2.75, 3.05) is 0 Å². The van der Waals surface area contributed by atoms with Gasteiger partial charge in [-0.3, -0.25) is 0 Å². The molecule has 0 spiro atoms. The fourth-order valence-electron chi connectivity index (χ4n) is 7.79. The van der Waals surface area contributed by atoms with Crippen LogP contribution in [0.5, 0.6) is 0 Å². The van der Waals surface area contributed by atoms with Crippen LogP contribution in [0.1, 0.15) is 0 Å². The molecule has 0 aliphatic heterocycles. The smallest absolute Gasteiger partial charge is 0.0361 e. The second-order valence-electron chi connectivity index (χ2n) is 12.8. The van der Waals surface area contributed by atoms with Crippen LogP contribution in [0.15, 0.2) is 182 Å². The normalized spacial score (nSPS) is 11.7. The van der Waals surface area contributed by atoms with Gasteiger partial charge in [0.1, 0.15) is 0 Å². The van der Waals surface area contributed by atoms with E-state index in [0.29, 0.717) is 0 Å². The van der Waals surface area contributed by atoms with Gasteiger partial charge in [0.05, 0.1) is 0 Å². The lowest BCUT2D eigenvalue weighted by atomic mass is 9.85. The van der Waals surface area contributed by atoms with Crippen molar-refractivity contribution in [3.8, 4) is 44.5 Å². The van der Waals surface area contributed by atoms with E-state index in [0.717, 1.165) is 0 Å². The molecule has 1 aromatic heterocycles. The van der Waals surface area contributed by atoms with Gasteiger partial charge in [-0.05, 0) is 101 Å². The fraction of sp³-hybridized carbons (Fsp3) is 0. The lowest BCUT2D eigenvalue weighted by Crippen LogP contribution is -1.91. The Balaban J connectivity index is 1.15. The third kappa shape index (κ3) is 4.58. The summed E-state index contributed by atoms with van der Waals surface area (Å²) in [5.41, 5.74) is 9.97. The van der Waals surface area contributed by atoms with Crippen LogP contribution in [-0.2, 0) is 0 Å². The molecule has 228 valence electrons. The molecule has 0 saturated carbocycles. The first-order valence-corrected chi connectivity index (χ1v) is 17.7. The molecule has 1 heteroatoms. The summed E-state index contributed by atoms with van der Waals surface area (Å²) in [5, 5.41) is 10.4. The molecule has 0 amide bonds. The van der Waals surface area contributed by atoms with Crippen LogP contribution < -0.4 is 0 Å². The van der Waals surface area contributed by atoms with Crippen LogP contribution in [-0.4, -0.2) is 0 Å². The van der Waals surface area contributed by atoms with Gasteiger partial charge >= 0.3 is 0 Å². The monoisotopic (exact) mass is 638 g/mol. The number of rotatable bonds is 4. The van der Waals surface area contributed by atoms with Crippen LogP contribution in [0.4, 0.5) is 0 Å². The maximum absolute atomic E-state index is 2.40. The first-order valence-electron chi connectivity index (χ1n) is 16.8. The highest BCUT2D eigenvalue weighted by molar-refractivity contribution is 7.26. The molecular formula is C48H30S. The molecule has 0 bridgehead atoms. The van der Waals surface area contributed by atoms with Crippen molar-refractivity contribution < 1.29 is 0 Å². The van der Waals surface area contributed by atoms with E-state index in [1.807, 2.05) is 11.3 Å². The van der Waals surface area contributed by atoms with Crippen molar-refractivity contribution >= 4 is 63.8 Å². The van der Waals surface area contributed by atoms with Gasteiger partial charge in [0.15, 0.2) is 0 Å². The SMILES string of the molecule is c1ccc(-c2ccc(-c3c4ccccc4c(-c4cccc(-c5ccc6sc7ccc8ccccc8c7c6c5)c4)c4ccccc34)cc2)cc1. The van der Waals surface area contributed by atoms with E-state index in [4.69, 9.17) is 0 Å². The van der Waals surface area contributed by atoms with E-state index in [-0.39, 0.29) is 0 Å². The van der Waals surface area contributed by atoms with Crippen LogP contribution in [0.25, 0.3) is 97.0 Å². The summed E-state index contributed by atoms with van der Waals surface area (Å²) < 4.78 is 2.67. The second kappa shape index (κ2) is 11.3. The predicted octanol–water partition coefficient (Wildman–Crippen LogP) is 14.2. The zero-order valence-corrected chi connectivity index (χ0v) is 27.5. The topological polar surface area (TPSA) is 0 Å². The lowest BCUT2D eigenvalue weighted by Gasteiger charge is -2.18. The van der Waals surface area contributed by atoms with E-state index < -0.39 is 0 Å². The Bertz CT molecular complexity index is 2800. The minimum Gasteiger partial charge on any atom is -0.135 e. The average Bonchev–Trinajstić information content (AvgIpc) is 3.56. The van der Waals surface area contributed by atoms with E-state index in [2.05, 4.69) is 182 Å². The molecular weight excluding hydrogens is 609 g/mol. The van der Waals surface area contributed by atoms with Crippen molar-refractivity contribution in [2.45, 2.75) is 0 Å². The summed E-state index contributed by atoms with van der Waals surface area (Å²) in [5.74, 6) is 0. The van der Waals surface area contributed by atoms with Crippen molar-refractivity contribution in [2.24, 2.45) is 0 Å². The summed E-state index contributed by atoms with van der Waals surface area (Å²) >= 11 is 1.88. The van der Waals surface area contributed by atoms with Crippen LogP contribution >= 0.6 is 11.3 Å². The van der Waals surface area contributed by atoms with Crippen molar-refractivity contribution in [1.29, 1.82) is 0 Å². The van der Waals surface area contributed by atoms with Gasteiger partial charge in [-0.25, -0.2) is 0 Å². The van der Waals surface area contributed by atoms with Crippen molar-refractivity contribution in [1.82, 2.24) is 0 Å². The molecule has 0 N–H and O–H groups in total. The maximum atomic E-state index is 2.40. The Labute approximate surface area is 289 Å². The van der Waals surface area contributed by atoms with E-state index in [9.17, 15) is 0 Å². The number of thiophene rings is 1. The summed E-state index contributed by atoms with van der Waals surface area (Å²) in [7, 11) is 0. The van der Waals surface area contributed by atoms with Gasteiger partial charge in [0.2, 0.25) is 0 Å². The van der Waals surface area contributed by atoms with Gasteiger partial charge in [0, 0.05) is 20.2 Å². The third-order valence-electron chi connectivity index (χ3n) is 10.1. The molecule has 0 atom stereocenters. The quantitative estimate of drug-likeness (QED) is 0.168. The van der Waals surface area contributed by atoms with Crippen molar-refractivity contribution in [3.05, 3.63) is 182 Å². The van der Waals surface area contributed by atoms with Crippen LogP contribution in [0.3, 0.4) is 0 Å². The summed E-state index contributed by atoms with van der Waals surface area (Å²) in [6, 6.07) is 66.9. The largest absolute Gasteiger partial charge is 0.135 e.